The van der Waals surface area contributed by atoms with E-state index in [2.05, 4.69) is 33.1 Å². The third kappa shape index (κ3) is 6.74. The number of hydrogen-bond donors (Lipinski definition) is 2. The predicted molar refractivity (Wildman–Crippen MR) is 137 cm³/mol. The minimum Gasteiger partial charge on any atom is -0.488 e. The van der Waals surface area contributed by atoms with Crippen molar-refractivity contribution in [2.24, 2.45) is 5.41 Å². The Bertz CT molecular complexity index is 1050. The third-order valence-electron chi connectivity index (χ3n) is 6.28. The van der Waals surface area contributed by atoms with E-state index in [0.717, 1.165) is 55.9 Å². The van der Waals surface area contributed by atoms with E-state index in [1.54, 1.807) is 0 Å². The van der Waals surface area contributed by atoms with Gasteiger partial charge in [0.2, 0.25) is 0 Å². The highest BCUT2D eigenvalue weighted by Crippen LogP contribution is 2.32. The van der Waals surface area contributed by atoms with Crippen LogP contribution in [0.1, 0.15) is 79.4 Å². The van der Waals surface area contributed by atoms with Crippen LogP contribution < -0.4 is 10.1 Å². The van der Waals surface area contributed by atoms with Crippen LogP contribution in [0.5, 0.6) is 5.75 Å². The van der Waals surface area contributed by atoms with Crippen LogP contribution in [0, 0.1) is 17.3 Å². The van der Waals surface area contributed by atoms with E-state index >= 15 is 0 Å². The SMILES string of the molecule is CC(C)(C)C#Cc1cc(N[C@H]2CC[C@H](Oc3cnccc3CN3CCCC3)CC2)c(C(=O)O)s1. The summed E-state index contributed by atoms with van der Waals surface area (Å²) in [4.78, 5) is 19.7. The number of carbonyl (C=O) groups is 1. The molecule has 6 nitrogen and oxygen atoms in total. The van der Waals surface area contributed by atoms with Gasteiger partial charge in [-0.2, -0.15) is 0 Å². The lowest BCUT2D eigenvalue weighted by Crippen LogP contribution is -2.31. The molecule has 0 radical (unpaired) electrons. The number of rotatable bonds is 7. The first-order valence-electron chi connectivity index (χ1n) is 12.3. The number of anilines is 1. The molecule has 2 fully saturated rings. The average molecular weight is 482 g/mol. The van der Waals surface area contributed by atoms with Crippen LogP contribution in [-0.4, -0.2) is 46.2 Å². The van der Waals surface area contributed by atoms with E-state index in [1.165, 1.54) is 29.7 Å². The maximum Gasteiger partial charge on any atom is 0.348 e. The number of likely N-dealkylation sites (tertiary alicyclic amines) is 1. The second kappa shape index (κ2) is 10.8. The Morgan fingerprint density at radius 3 is 2.68 bits per heavy atom. The molecule has 34 heavy (non-hydrogen) atoms. The lowest BCUT2D eigenvalue weighted by molar-refractivity contribution is 0.0703. The van der Waals surface area contributed by atoms with Crippen molar-refractivity contribution in [1.82, 2.24) is 9.88 Å². The highest BCUT2D eigenvalue weighted by molar-refractivity contribution is 7.15. The van der Waals surface area contributed by atoms with Crippen molar-refractivity contribution in [2.75, 3.05) is 18.4 Å². The monoisotopic (exact) mass is 481 g/mol. The van der Waals surface area contributed by atoms with Gasteiger partial charge in [-0.25, -0.2) is 4.79 Å². The normalized spacial score (nSPS) is 21.0. The van der Waals surface area contributed by atoms with Crippen molar-refractivity contribution in [2.45, 2.75) is 78.0 Å². The number of pyridine rings is 1. The maximum atomic E-state index is 11.8. The van der Waals surface area contributed by atoms with Crippen LogP contribution in [0.15, 0.2) is 24.5 Å². The van der Waals surface area contributed by atoms with Gasteiger partial charge in [-0.3, -0.25) is 9.88 Å². The Kier molecular flexibility index (Phi) is 7.80. The van der Waals surface area contributed by atoms with Gasteiger partial charge in [-0.05, 0) is 84.5 Å². The van der Waals surface area contributed by atoms with Gasteiger partial charge in [-0.1, -0.05) is 11.8 Å². The summed E-state index contributed by atoms with van der Waals surface area (Å²) in [5.41, 5.74) is 1.77. The van der Waals surface area contributed by atoms with Crippen LogP contribution >= 0.6 is 11.3 Å². The van der Waals surface area contributed by atoms with Crippen molar-refractivity contribution in [3.63, 3.8) is 0 Å². The molecule has 0 bridgehead atoms. The van der Waals surface area contributed by atoms with Gasteiger partial charge in [0, 0.05) is 29.8 Å². The van der Waals surface area contributed by atoms with E-state index in [-0.39, 0.29) is 17.6 Å². The molecule has 2 aliphatic rings. The summed E-state index contributed by atoms with van der Waals surface area (Å²) in [7, 11) is 0. The van der Waals surface area contributed by atoms with Crippen molar-refractivity contribution >= 4 is 23.0 Å². The smallest absolute Gasteiger partial charge is 0.348 e. The lowest BCUT2D eigenvalue weighted by atomic mass is 9.92. The standard InChI is InChI=1S/C27H35N3O3S/c1-27(2,3)12-10-22-16-23(25(34-22)26(31)32)29-20-6-8-21(9-7-20)33-24-17-28-13-11-19(24)18-30-14-4-5-15-30/h11,13,16-17,20-21,29H,4-9,14-15,18H2,1-3H3,(H,31,32)/t20-,21-. The second-order valence-electron chi connectivity index (χ2n) is 10.4. The van der Waals surface area contributed by atoms with Gasteiger partial charge >= 0.3 is 5.97 Å². The summed E-state index contributed by atoms with van der Waals surface area (Å²) in [6.45, 7) is 9.38. The maximum absolute atomic E-state index is 11.8. The minimum absolute atomic E-state index is 0.123. The molecule has 1 aliphatic heterocycles. The summed E-state index contributed by atoms with van der Waals surface area (Å²) < 4.78 is 6.40. The molecular formula is C27H35N3O3S. The number of thiophene rings is 1. The van der Waals surface area contributed by atoms with Crippen molar-refractivity contribution in [3.05, 3.63) is 39.8 Å². The Labute approximate surface area is 206 Å². The van der Waals surface area contributed by atoms with Gasteiger partial charge in [0.15, 0.2) is 0 Å². The molecule has 2 aromatic heterocycles. The van der Waals surface area contributed by atoms with E-state index < -0.39 is 5.97 Å². The second-order valence-corrected chi connectivity index (χ2v) is 11.4. The number of ether oxygens (including phenoxy) is 1. The molecule has 2 aromatic rings. The van der Waals surface area contributed by atoms with E-state index in [4.69, 9.17) is 4.74 Å². The number of hydrogen-bond acceptors (Lipinski definition) is 6. The zero-order valence-corrected chi connectivity index (χ0v) is 21.2. The number of aromatic carboxylic acids is 1. The van der Waals surface area contributed by atoms with Crippen molar-refractivity contribution < 1.29 is 14.6 Å². The van der Waals surface area contributed by atoms with Gasteiger partial charge in [0.25, 0.3) is 0 Å². The first-order valence-corrected chi connectivity index (χ1v) is 13.1. The fraction of sp³-hybridized carbons (Fsp3) is 0.556. The number of nitrogens with zero attached hydrogens (tertiary/aromatic N) is 2. The average Bonchev–Trinajstić information content (AvgIpc) is 3.44. The number of carboxylic acids is 1. The summed E-state index contributed by atoms with van der Waals surface area (Å²) in [5, 5.41) is 13.1. The summed E-state index contributed by atoms with van der Waals surface area (Å²) in [5.74, 6) is 6.33. The van der Waals surface area contributed by atoms with Gasteiger partial charge in [0.05, 0.1) is 22.9 Å². The van der Waals surface area contributed by atoms with Gasteiger partial charge in [0.1, 0.15) is 10.6 Å². The molecule has 3 heterocycles. The molecule has 0 spiro atoms. The van der Waals surface area contributed by atoms with Crippen molar-refractivity contribution in [3.8, 4) is 17.6 Å². The Morgan fingerprint density at radius 2 is 2.00 bits per heavy atom. The summed E-state index contributed by atoms with van der Waals surface area (Å²) >= 11 is 1.24. The first-order chi connectivity index (χ1) is 16.3. The molecular weight excluding hydrogens is 446 g/mol. The fourth-order valence-corrected chi connectivity index (χ4v) is 5.33. The first kappa shape index (κ1) is 24.6. The van der Waals surface area contributed by atoms with Crippen LogP contribution in [0.2, 0.25) is 0 Å². The van der Waals surface area contributed by atoms with Crippen LogP contribution in [0.25, 0.3) is 0 Å². The Hall–Kier alpha value is -2.56. The van der Waals surface area contributed by atoms with Crippen molar-refractivity contribution in [1.29, 1.82) is 0 Å². The number of nitrogens with one attached hydrogen (secondary N) is 1. The molecule has 182 valence electrons. The third-order valence-corrected chi connectivity index (χ3v) is 7.32. The molecule has 0 atom stereocenters. The molecule has 4 rings (SSSR count). The zero-order valence-electron chi connectivity index (χ0n) is 20.4. The highest BCUT2D eigenvalue weighted by Gasteiger charge is 2.26. The van der Waals surface area contributed by atoms with E-state index in [1.807, 2.05) is 39.2 Å². The number of carboxylic acid groups (broad SMARTS) is 1. The Balaban J connectivity index is 1.35. The molecule has 0 aromatic carbocycles. The largest absolute Gasteiger partial charge is 0.488 e. The Morgan fingerprint density at radius 1 is 1.26 bits per heavy atom. The predicted octanol–water partition coefficient (Wildman–Crippen LogP) is 5.64. The quantitative estimate of drug-likeness (QED) is 0.499. The highest BCUT2D eigenvalue weighted by atomic mass is 32.1. The van der Waals surface area contributed by atoms with E-state index in [0.29, 0.717) is 10.6 Å². The van der Waals surface area contributed by atoms with Gasteiger partial charge in [-0.15, -0.1) is 11.3 Å². The topological polar surface area (TPSA) is 74.7 Å². The van der Waals surface area contributed by atoms with Crippen LogP contribution in [-0.2, 0) is 6.54 Å². The fourth-order valence-electron chi connectivity index (χ4n) is 4.52. The zero-order chi connectivity index (χ0) is 24.1. The molecule has 1 aliphatic carbocycles. The summed E-state index contributed by atoms with van der Waals surface area (Å²) in [6.07, 6.45) is 10.1. The molecule has 0 amide bonds. The number of aromatic nitrogens is 1. The van der Waals surface area contributed by atoms with Crippen LogP contribution in [0.3, 0.4) is 0 Å². The van der Waals surface area contributed by atoms with E-state index in [9.17, 15) is 9.90 Å². The minimum atomic E-state index is -0.907. The summed E-state index contributed by atoms with van der Waals surface area (Å²) in [6, 6.07) is 4.19. The molecule has 7 heteroatoms. The lowest BCUT2D eigenvalue weighted by Gasteiger charge is -2.30. The van der Waals surface area contributed by atoms with Gasteiger partial charge < -0.3 is 15.2 Å². The molecule has 1 saturated heterocycles. The molecule has 2 N–H and O–H groups in total. The molecule has 0 unspecified atom stereocenters. The van der Waals surface area contributed by atoms with Crippen LogP contribution in [0.4, 0.5) is 5.69 Å². The molecule has 1 saturated carbocycles.